The average Bonchev–Trinajstić information content (AvgIpc) is 2.01. The third-order valence-electron chi connectivity index (χ3n) is 1.68. The van der Waals surface area contributed by atoms with Gasteiger partial charge in [-0.3, -0.25) is 4.79 Å². The van der Waals surface area contributed by atoms with Gasteiger partial charge in [-0.2, -0.15) is 0 Å². The van der Waals surface area contributed by atoms with Crippen molar-refractivity contribution < 1.29 is 4.79 Å². The number of aromatic nitrogens is 1. The van der Waals surface area contributed by atoms with E-state index in [4.69, 9.17) is 0 Å². The van der Waals surface area contributed by atoms with E-state index in [0.29, 0.717) is 11.4 Å². The van der Waals surface area contributed by atoms with Crippen molar-refractivity contribution in [3.05, 3.63) is 23.9 Å². The second-order valence-corrected chi connectivity index (χ2v) is 4.33. The Kier molecular flexibility index (Phi) is 2.89. The number of nitrogens with zero attached hydrogens (tertiary/aromatic N) is 1. The number of Topliss-reactive ketones (excluding diaryl/α,β-unsaturated/α-hetero) is 1. The Balaban J connectivity index is 3.02. The first kappa shape index (κ1) is 10.7. The van der Waals surface area contributed by atoms with Crippen LogP contribution in [0.15, 0.2) is 18.3 Å². The monoisotopic (exact) mass is 192 g/mol. The normalized spacial score (nSPS) is 11.1. The van der Waals surface area contributed by atoms with Crippen LogP contribution in [-0.2, 0) is 0 Å². The van der Waals surface area contributed by atoms with E-state index in [9.17, 15) is 4.79 Å². The lowest BCUT2D eigenvalue weighted by Crippen LogP contribution is -2.27. The van der Waals surface area contributed by atoms with Crippen molar-refractivity contribution in [2.45, 2.75) is 33.2 Å². The van der Waals surface area contributed by atoms with Crippen molar-refractivity contribution in [3.63, 3.8) is 0 Å². The summed E-state index contributed by atoms with van der Waals surface area (Å²) in [4.78, 5) is 15.4. The zero-order valence-electron chi connectivity index (χ0n) is 9.09. The molecule has 1 aromatic rings. The van der Waals surface area contributed by atoms with E-state index in [0.717, 1.165) is 0 Å². The summed E-state index contributed by atoms with van der Waals surface area (Å²) in [7, 11) is 0. The van der Waals surface area contributed by atoms with Gasteiger partial charge in [-0.25, -0.2) is 4.98 Å². The Morgan fingerprint density at radius 2 is 2.07 bits per heavy atom. The topological polar surface area (TPSA) is 42.0 Å². The van der Waals surface area contributed by atoms with Crippen LogP contribution in [0.1, 0.15) is 38.1 Å². The maximum atomic E-state index is 11.3. The molecule has 0 atom stereocenters. The number of hydrogen-bond donors (Lipinski definition) is 1. The number of ketones is 1. The molecule has 14 heavy (non-hydrogen) atoms. The second kappa shape index (κ2) is 3.78. The molecule has 3 nitrogen and oxygen atoms in total. The van der Waals surface area contributed by atoms with E-state index in [1.807, 2.05) is 20.8 Å². The minimum Gasteiger partial charge on any atom is -0.365 e. The Labute approximate surface area is 84.6 Å². The minimum absolute atomic E-state index is 0.0323. The predicted molar refractivity (Wildman–Crippen MR) is 57.6 cm³/mol. The summed E-state index contributed by atoms with van der Waals surface area (Å²) < 4.78 is 0. The van der Waals surface area contributed by atoms with Crippen LogP contribution in [-0.4, -0.2) is 16.3 Å². The van der Waals surface area contributed by atoms with E-state index >= 15 is 0 Å². The van der Waals surface area contributed by atoms with Crippen LogP contribution in [0.4, 0.5) is 5.82 Å². The van der Waals surface area contributed by atoms with Crippen LogP contribution in [0.3, 0.4) is 0 Å². The lowest BCUT2D eigenvalue weighted by atomic mass is 10.1. The predicted octanol–water partition coefficient (Wildman–Crippen LogP) is 2.49. The molecule has 0 spiro atoms. The highest BCUT2D eigenvalue weighted by atomic mass is 16.1. The van der Waals surface area contributed by atoms with Crippen molar-refractivity contribution in [3.8, 4) is 0 Å². The Morgan fingerprint density at radius 1 is 1.43 bits per heavy atom. The van der Waals surface area contributed by atoms with E-state index < -0.39 is 0 Å². The fourth-order valence-electron chi connectivity index (χ4n) is 1.14. The van der Waals surface area contributed by atoms with E-state index in [1.54, 1.807) is 25.3 Å². The number of anilines is 1. The standard InChI is InChI=1S/C11H16N2O/c1-8(14)9-6-5-7-12-10(9)13-11(2,3)4/h5-7H,1-4H3,(H,12,13). The van der Waals surface area contributed by atoms with Gasteiger partial charge >= 0.3 is 0 Å². The van der Waals surface area contributed by atoms with Gasteiger partial charge in [0.1, 0.15) is 5.82 Å². The molecule has 0 aliphatic rings. The van der Waals surface area contributed by atoms with Gasteiger partial charge in [0.25, 0.3) is 0 Å². The summed E-state index contributed by atoms with van der Waals surface area (Å²) in [6, 6.07) is 3.55. The van der Waals surface area contributed by atoms with Crippen molar-refractivity contribution in [1.29, 1.82) is 0 Å². The molecular formula is C11H16N2O. The van der Waals surface area contributed by atoms with Gasteiger partial charge in [0.2, 0.25) is 0 Å². The lowest BCUT2D eigenvalue weighted by molar-refractivity contribution is 0.101. The molecule has 0 aliphatic carbocycles. The molecule has 0 aliphatic heterocycles. The summed E-state index contributed by atoms with van der Waals surface area (Å²) in [6.07, 6.45) is 1.68. The fraction of sp³-hybridized carbons (Fsp3) is 0.455. The molecule has 0 aromatic carbocycles. The SMILES string of the molecule is CC(=O)c1cccnc1NC(C)(C)C. The number of nitrogens with one attached hydrogen (secondary N) is 1. The van der Waals surface area contributed by atoms with Gasteiger partial charge in [-0.05, 0) is 39.8 Å². The van der Waals surface area contributed by atoms with Crippen LogP contribution in [0.2, 0.25) is 0 Å². The van der Waals surface area contributed by atoms with Crippen molar-refractivity contribution >= 4 is 11.6 Å². The Hall–Kier alpha value is -1.38. The quantitative estimate of drug-likeness (QED) is 0.732. The van der Waals surface area contributed by atoms with Crippen molar-refractivity contribution in [2.75, 3.05) is 5.32 Å². The van der Waals surface area contributed by atoms with Crippen LogP contribution >= 0.6 is 0 Å². The number of carbonyl (C=O) groups excluding carboxylic acids is 1. The molecule has 1 N–H and O–H groups in total. The summed E-state index contributed by atoms with van der Waals surface area (Å²) in [5, 5.41) is 3.20. The van der Waals surface area contributed by atoms with Gasteiger partial charge in [-0.15, -0.1) is 0 Å². The highest BCUT2D eigenvalue weighted by Gasteiger charge is 2.14. The molecule has 0 radical (unpaired) electrons. The van der Waals surface area contributed by atoms with Crippen LogP contribution in [0, 0.1) is 0 Å². The zero-order valence-corrected chi connectivity index (χ0v) is 9.09. The van der Waals surface area contributed by atoms with E-state index in [-0.39, 0.29) is 11.3 Å². The smallest absolute Gasteiger partial charge is 0.163 e. The molecule has 1 aromatic heterocycles. The van der Waals surface area contributed by atoms with Crippen LogP contribution < -0.4 is 5.32 Å². The molecule has 0 unspecified atom stereocenters. The number of rotatable bonds is 2. The molecule has 0 saturated heterocycles. The minimum atomic E-state index is -0.0848. The molecule has 0 amide bonds. The highest BCUT2D eigenvalue weighted by molar-refractivity contribution is 5.98. The van der Waals surface area contributed by atoms with Crippen molar-refractivity contribution in [1.82, 2.24) is 4.98 Å². The molecule has 76 valence electrons. The maximum absolute atomic E-state index is 11.3. The fourth-order valence-corrected chi connectivity index (χ4v) is 1.14. The van der Waals surface area contributed by atoms with E-state index in [2.05, 4.69) is 10.3 Å². The molecule has 0 fully saturated rings. The average molecular weight is 192 g/mol. The highest BCUT2D eigenvalue weighted by Crippen LogP contribution is 2.16. The Bertz CT molecular complexity index is 339. The van der Waals surface area contributed by atoms with Crippen LogP contribution in [0.5, 0.6) is 0 Å². The first-order valence-electron chi connectivity index (χ1n) is 4.64. The second-order valence-electron chi connectivity index (χ2n) is 4.33. The molecule has 0 bridgehead atoms. The maximum Gasteiger partial charge on any atom is 0.163 e. The summed E-state index contributed by atoms with van der Waals surface area (Å²) in [6.45, 7) is 7.65. The van der Waals surface area contributed by atoms with Crippen molar-refractivity contribution in [2.24, 2.45) is 0 Å². The molecule has 1 rings (SSSR count). The number of pyridine rings is 1. The third-order valence-corrected chi connectivity index (χ3v) is 1.68. The van der Waals surface area contributed by atoms with Crippen LogP contribution in [0.25, 0.3) is 0 Å². The number of hydrogen-bond acceptors (Lipinski definition) is 3. The molecular weight excluding hydrogens is 176 g/mol. The van der Waals surface area contributed by atoms with Gasteiger partial charge in [0.15, 0.2) is 5.78 Å². The van der Waals surface area contributed by atoms with Gasteiger partial charge in [0.05, 0.1) is 5.56 Å². The van der Waals surface area contributed by atoms with E-state index in [1.165, 1.54) is 0 Å². The molecule has 1 heterocycles. The van der Waals surface area contributed by atoms with Gasteiger partial charge < -0.3 is 5.32 Å². The largest absolute Gasteiger partial charge is 0.365 e. The molecule has 0 saturated carbocycles. The zero-order chi connectivity index (χ0) is 10.8. The summed E-state index contributed by atoms with van der Waals surface area (Å²) in [5.41, 5.74) is 0.556. The summed E-state index contributed by atoms with van der Waals surface area (Å²) >= 11 is 0. The first-order valence-corrected chi connectivity index (χ1v) is 4.64. The third kappa shape index (κ3) is 2.83. The lowest BCUT2D eigenvalue weighted by Gasteiger charge is -2.22. The Morgan fingerprint density at radius 3 is 2.57 bits per heavy atom. The number of carbonyl (C=O) groups is 1. The molecule has 3 heteroatoms. The first-order chi connectivity index (χ1) is 6.40. The van der Waals surface area contributed by atoms with Gasteiger partial charge in [0, 0.05) is 11.7 Å². The van der Waals surface area contributed by atoms with Gasteiger partial charge in [-0.1, -0.05) is 0 Å². The summed E-state index contributed by atoms with van der Waals surface area (Å²) in [5.74, 6) is 0.692.